The van der Waals surface area contributed by atoms with Crippen LogP contribution in [0.1, 0.15) is 20.4 Å². The molecule has 0 atom stereocenters. The molecule has 0 fully saturated rings. The molecule has 0 aliphatic rings. The zero-order chi connectivity index (χ0) is 9.97. The number of ketones is 1. The van der Waals surface area contributed by atoms with E-state index in [-0.39, 0.29) is 11.6 Å². The maximum absolute atomic E-state index is 11.7. The number of hydrogen-bond acceptors (Lipinski definition) is 4. The molecule has 0 aliphatic carbocycles. The molecule has 0 N–H and O–H groups in total. The lowest BCUT2D eigenvalue weighted by Crippen LogP contribution is -2.03. The predicted octanol–water partition coefficient (Wildman–Crippen LogP) is 2.08. The lowest BCUT2D eigenvalue weighted by atomic mass is 10.3. The van der Waals surface area contributed by atoms with Crippen LogP contribution in [0, 0.1) is 6.92 Å². The number of carbonyl (C=O) groups is 1. The van der Waals surface area contributed by atoms with Crippen molar-refractivity contribution in [2.45, 2.75) is 6.92 Å². The van der Waals surface area contributed by atoms with E-state index in [1.54, 1.807) is 24.5 Å². The summed E-state index contributed by atoms with van der Waals surface area (Å²) in [6.45, 7) is 1.97. The van der Waals surface area contributed by atoms with Crippen molar-refractivity contribution in [1.82, 2.24) is 9.97 Å². The van der Waals surface area contributed by atoms with Crippen molar-refractivity contribution in [3.63, 3.8) is 0 Å². The van der Waals surface area contributed by atoms with Gasteiger partial charge in [-0.2, -0.15) is 0 Å². The van der Waals surface area contributed by atoms with E-state index in [4.69, 9.17) is 0 Å². The first-order valence-corrected chi connectivity index (χ1v) is 4.97. The van der Waals surface area contributed by atoms with E-state index in [9.17, 15) is 4.79 Å². The summed E-state index contributed by atoms with van der Waals surface area (Å²) < 4.78 is 0. The van der Waals surface area contributed by atoms with Gasteiger partial charge in [0.25, 0.3) is 0 Å². The molecule has 0 saturated heterocycles. The fourth-order valence-electron chi connectivity index (χ4n) is 1.08. The van der Waals surface area contributed by atoms with Crippen molar-refractivity contribution in [2.75, 3.05) is 0 Å². The van der Waals surface area contributed by atoms with Crippen LogP contribution < -0.4 is 0 Å². The summed E-state index contributed by atoms with van der Waals surface area (Å²) in [7, 11) is 0. The average molecular weight is 204 g/mol. The van der Waals surface area contributed by atoms with Crippen molar-refractivity contribution in [3.05, 3.63) is 46.2 Å². The van der Waals surface area contributed by atoms with Gasteiger partial charge in [0, 0.05) is 17.3 Å². The summed E-state index contributed by atoms with van der Waals surface area (Å²) in [5.41, 5.74) is 0. The smallest absolute Gasteiger partial charge is 0.240 e. The third-order valence-corrected chi connectivity index (χ3v) is 2.73. The topological polar surface area (TPSA) is 42.9 Å². The molecule has 2 aromatic rings. The van der Waals surface area contributed by atoms with Crippen molar-refractivity contribution in [1.29, 1.82) is 0 Å². The Labute approximate surface area is 85.5 Å². The summed E-state index contributed by atoms with van der Waals surface area (Å²) in [6, 6.07) is 5.41. The number of nitrogens with zero attached hydrogens (tertiary/aromatic N) is 2. The van der Waals surface area contributed by atoms with Gasteiger partial charge in [-0.3, -0.25) is 4.79 Å². The van der Waals surface area contributed by atoms with Gasteiger partial charge >= 0.3 is 0 Å². The number of carbonyl (C=O) groups excluding carboxylic acids is 1. The normalized spacial score (nSPS) is 10.1. The van der Waals surface area contributed by atoms with Crippen molar-refractivity contribution in [2.24, 2.45) is 0 Å². The first kappa shape index (κ1) is 9.02. The molecule has 0 saturated carbocycles. The highest BCUT2D eigenvalue weighted by atomic mass is 32.1. The molecule has 2 rings (SSSR count). The molecule has 70 valence electrons. The minimum absolute atomic E-state index is 0.108. The Balaban J connectivity index is 2.34. The molecular weight excluding hydrogens is 196 g/mol. The lowest BCUT2D eigenvalue weighted by molar-refractivity contribution is 0.103. The van der Waals surface area contributed by atoms with Gasteiger partial charge in [-0.15, -0.1) is 11.3 Å². The van der Waals surface area contributed by atoms with Crippen molar-refractivity contribution in [3.8, 4) is 0 Å². The highest BCUT2D eigenvalue weighted by Gasteiger charge is 2.12. The van der Waals surface area contributed by atoms with Gasteiger partial charge in [-0.05, 0) is 25.1 Å². The number of thiophene rings is 1. The van der Waals surface area contributed by atoms with Crippen molar-refractivity contribution < 1.29 is 4.79 Å². The minimum atomic E-state index is -0.108. The molecule has 2 heterocycles. The van der Waals surface area contributed by atoms with Crippen LogP contribution in [0.2, 0.25) is 0 Å². The number of aromatic nitrogens is 2. The third kappa shape index (κ3) is 1.70. The number of hydrogen-bond donors (Lipinski definition) is 0. The molecule has 0 aliphatic heterocycles. The Kier molecular flexibility index (Phi) is 2.37. The number of aryl methyl sites for hydroxylation is 1. The summed E-state index contributed by atoms with van der Waals surface area (Å²) >= 11 is 1.46. The van der Waals surface area contributed by atoms with Gasteiger partial charge < -0.3 is 0 Å². The van der Waals surface area contributed by atoms with Gasteiger partial charge in [0.1, 0.15) is 0 Å². The fourth-order valence-corrected chi connectivity index (χ4v) is 1.89. The molecule has 0 aromatic carbocycles. The predicted molar refractivity (Wildman–Crippen MR) is 54.5 cm³/mol. The van der Waals surface area contributed by atoms with Crippen LogP contribution in [0.15, 0.2) is 30.6 Å². The molecule has 2 aromatic heterocycles. The lowest BCUT2D eigenvalue weighted by Gasteiger charge is -1.93. The monoisotopic (exact) mass is 204 g/mol. The van der Waals surface area contributed by atoms with Crippen LogP contribution in [0.4, 0.5) is 0 Å². The van der Waals surface area contributed by atoms with Gasteiger partial charge in [0.15, 0.2) is 0 Å². The van der Waals surface area contributed by atoms with E-state index in [1.165, 1.54) is 11.3 Å². The first-order chi connectivity index (χ1) is 6.77. The van der Waals surface area contributed by atoms with E-state index >= 15 is 0 Å². The zero-order valence-corrected chi connectivity index (χ0v) is 8.41. The highest BCUT2D eigenvalue weighted by molar-refractivity contribution is 7.14. The quantitative estimate of drug-likeness (QED) is 0.703. The van der Waals surface area contributed by atoms with E-state index < -0.39 is 0 Å². The Morgan fingerprint density at radius 1 is 1.29 bits per heavy atom. The van der Waals surface area contributed by atoms with Gasteiger partial charge in [0.2, 0.25) is 11.6 Å². The molecule has 0 spiro atoms. The SMILES string of the molecule is Cc1ccc(C(=O)c2ncccn2)s1. The van der Waals surface area contributed by atoms with Crippen molar-refractivity contribution >= 4 is 17.1 Å². The molecule has 0 radical (unpaired) electrons. The molecule has 14 heavy (non-hydrogen) atoms. The standard InChI is InChI=1S/C10H8N2OS/c1-7-3-4-8(14-7)9(13)10-11-5-2-6-12-10/h2-6H,1H3. The second-order valence-electron chi connectivity index (χ2n) is 2.81. The third-order valence-electron chi connectivity index (χ3n) is 1.73. The van der Waals surface area contributed by atoms with Crippen LogP contribution in [0.5, 0.6) is 0 Å². The maximum Gasteiger partial charge on any atom is 0.240 e. The van der Waals surface area contributed by atoms with Crippen LogP contribution in [-0.4, -0.2) is 15.8 Å². The minimum Gasteiger partial charge on any atom is -0.284 e. The van der Waals surface area contributed by atoms with Crippen LogP contribution in [0.3, 0.4) is 0 Å². The van der Waals surface area contributed by atoms with Crippen LogP contribution >= 0.6 is 11.3 Å². The molecule has 3 nitrogen and oxygen atoms in total. The van der Waals surface area contributed by atoms with E-state index in [0.717, 1.165) is 4.88 Å². The molecular formula is C10H8N2OS. The highest BCUT2D eigenvalue weighted by Crippen LogP contribution is 2.17. The van der Waals surface area contributed by atoms with Crippen LogP contribution in [-0.2, 0) is 0 Å². The Morgan fingerprint density at radius 3 is 2.57 bits per heavy atom. The number of rotatable bonds is 2. The second-order valence-corrected chi connectivity index (χ2v) is 4.10. The summed E-state index contributed by atoms with van der Waals surface area (Å²) in [5, 5.41) is 0. The Hall–Kier alpha value is -1.55. The van der Waals surface area contributed by atoms with Gasteiger partial charge in [-0.1, -0.05) is 0 Å². The van der Waals surface area contributed by atoms with Gasteiger partial charge in [0.05, 0.1) is 4.88 Å². The van der Waals surface area contributed by atoms with Crippen LogP contribution in [0.25, 0.3) is 0 Å². The average Bonchev–Trinajstić information content (AvgIpc) is 2.65. The molecule has 0 unspecified atom stereocenters. The summed E-state index contributed by atoms with van der Waals surface area (Å²) in [6.07, 6.45) is 3.14. The van der Waals surface area contributed by atoms with E-state index in [2.05, 4.69) is 9.97 Å². The Morgan fingerprint density at radius 2 is 2.00 bits per heavy atom. The van der Waals surface area contributed by atoms with Gasteiger partial charge in [-0.25, -0.2) is 9.97 Å². The Bertz CT molecular complexity index is 450. The molecule has 0 bridgehead atoms. The first-order valence-electron chi connectivity index (χ1n) is 4.15. The molecule has 4 heteroatoms. The summed E-state index contributed by atoms with van der Waals surface area (Å²) in [4.78, 5) is 21.4. The fraction of sp³-hybridized carbons (Fsp3) is 0.100. The largest absolute Gasteiger partial charge is 0.284 e. The zero-order valence-electron chi connectivity index (χ0n) is 7.60. The second kappa shape index (κ2) is 3.67. The summed E-state index contributed by atoms with van der Waals surface area (Å²) in [5.74, 6) is 0.151. The van der Waals surface area contributed by atoms with E-state index in [0.29, 0.717) is 4.88 Å². The molecule has 0 amide bonds. The van der Waals surface area contributed by atoms with E-state index in [1.807, 2.05) is 13.0 Å². The maximum atomic E-state index is 11.7.